The first-order chi connectivity index (χ1) is 6.37. The summed E-state index contributed by atoms with van der Waals surface area (Å²) in [4.78, 5) is 0. The van der Waals surface area contributed by atoms with E-state index in [1.54, 1.807) is 0 Å². The first-order valence-electron chi connectivity index (χ1n) is 4.20. The highest BCUT2D eigenvalue weighted by Crippen LogP contribution is 2.36. The van der Waals surface area contributed by atoms with Crippen LogP contribution < -0.4 is 0 Å². The quantitative estimate of drug-likeness (QED) is 0.642. The van der Waals surface area contributed by atoms with E-state index in [2.05, 4.69) is 31.9 Å². The van der Waals surface area contributed by atoms with Crippen molar-refractivity contribution in [2.24, 2.45) is 0 Å². The van der Waals surface area contributed by atoms with Gasteiger partial charge in [0.1, 0.15) is 11.6 Å². The number of halogens is 4. The van der Waals surface area contributed by atoms with Crippen molar-refractivity contribution in [2.75, 3.05) is 0 Å². The van der Waals surface area contributed by atoms with Crippen molar-refractivity contribution in [3.63, 3.8) is 0 Å². The van der Waals surface area contributed by atoms with Gasteiger partial charge in [-0.1, -0.05) is 13.8 Å². The molecule has 0 unspecified atom stereocenters. The average molecular weight is 328 g/mol. The maximum absolute atomic E-state index is 13.7. The van der Waals surface area contributed by atoms with Crippen LogP contribution >= 0.6 is 31.9 Å². The first kappa shape index (κ1) is 12.1. The van der Waals surface area contributed by atoms with Crippen LogP contribution in [-0.4, -0.2) is 0 Å². The van der Waals surface area contributed by atoms with E-state index < -0.39 is 5.82 Å². The molecule has 0 saturated carbocycles. The average Bonchev–Trinajstić information content (AvgIpc) is 2.11. The molecule has 0 aromatic heterocycles. The van der Waals surface area contributed by atoms with Crippen LogP contribution in [0.5, 0.6) is 0 Å². The van der Waals surface area contributed by atoms with Gasteiger partial charge in [-0.25, -0.2) is 8.78 Å². The van der Waals surface area contributed by atoms with Crippen LogP contribution in [0.1, 0.15) is 30.9 Å². The van der Waals surface area contributed by atoms with Gasteiger partial charge in [0.25, 0.3) is 0 Å². The molecule has 0 radical (unpaired) electrons. The summed E-state index contributed by atoms with van der Waals surface area (Å²) in [5.74, 6) is -0.844. The fourth-order valence-corrected chi connectivity index (χ4v) is 2.58. The fraction of sp³-hybridized carbons (Fsp3) is 0.400. The molecule has 0 N–H and O–H groups in total. The summed E-state index contributed by atoms with van der Waals surface area (Å²) in [6, 6.07) is 0. The van der Waals surface area contributed by atoms with Gasteiger partial charge in [0, 0.05) is 11.1 Å². The third kappa shape index (κ3) is 1.87. The zero-order valence-corrected chi connectivity index (χ0v) is 11.3. The van der Waals surface area contributed by atoms with E-state index in [4.69, 9.17) is 0 Å². The minimum absolute atomic E-state index is 0.0595. The van der Waals surface area contributed by atoms with E-state index in [0.717, 1.165) is 0 Å². The highest BCUT2D eigenvalue weighted by Gasteiger charge is 2.21. The lowest BCUT2D eigenvalue weighted by Gasteiger charge is -2.14. The third-order valence-corrected chi connectivity index (χ3v) is 3.81. The molecule has 0 heterocycles. The Morgan fingerprint density at radius 3 is 1.93 bits per heavy atom. The molecule has 0 atom stereocenters. The van der Waals surface area contributed by atoms with Gasteiger partial charge in [0.05, 0.1) is 8.95 Å². The zero-order valence-electron chi connectivity index (χ0n) is 8.09. The maximum Gasteiger partial charge on any atom is 0.142 e. The van der Waals surface area contributed by atoms with Crippen LogP contribution in [0.3, 0.4) is 0 Å². The Morgan fingerprint density at radius 1 is 1.00 bits per heavy atom. The zero-order chi connectivity index (χ0) is 11.0. The molecule has 1 rings (SSSR count). The van der Waals surface area contributed by atoms with Gasteiger partial charge in [-0.2, -0.15) is 0 Å². The van der Waals surface area contributed by atoms with E-state index >= 15 is 0 Å². The molecule has 0 aliphatic carbocycles. The predicted molar refractivity (Wildman–Crippen MR) is 60.6 cm³/mol. The molecule has 0 bridgehead atoms. The van der Waals surface area contributed by atoms with Crippen LogP contribution in [0, 0.1) is 18.6 Å². The summed E-state index contributed by atoms with van der Waals surface area (Å²) in [5.41, 5.74) is 0.666. The van der Waals surface area contributed by atoms with Crippen molar-refractivity contribution < 1.29 is 8.78 Å². The maximum atomic E-state index is 13.7. The Labute approximate surface area is 99.0 Å². The largest absolute Gasteiger partial charge is 0.205 e. The SMILES string of the molecule is Cc1c(F)c(Br)c(C(C)C)c(F)c1Br. The second-order valence-electron chi connectivity index (χ2n) is 3.45. The molecule has 14 heavy (non-hydrogen) atoms. The molecule has 0 aliphatic rings. The van der Waals surface area contributed by atoms with Gasteiger partial charge in [-0.05, 0) is 44.7 Å². The van der Waals surface area contributed by atoms with Gasteiger partial charge < -0.3 is 0 Å². The Bertz CT molecular complexity index is 344. The molecule has 0 aliphatic heterocycles. The van der Waals surface area contributed by atoms with Crippen molar-refractivity contribution in [3.05, 3.63) is 31.7 Å². The van der Waals surface area contributed by atoms with Crippen molar-refractivity contribution >= 4 is 31.9 Å². The summed E-state index contributed by atoms with van der Waals surface area (Å²) < 4.78 is 27.7. The highest BCUT2D eigenvalue weighted by molar-refractivity contribution is 9.11. The molecule has 0 amide bonds. The van der Waals surface area contributed by atoms with Crippen molar-refractivity contribution in [2.45, 2.75) is 26.7 Å². The minimum atomic E-state index is -0.401. The molecule has 4 heteroatoms. The second kappa shape index (κ2) is 4.27. The Hall–Kier alpha value is 0.0400. The Balaban J connectivity index is 3.60. The standard InChI is InChI=1S/C10H10Br2F2/c1-4(2)6-8(12)9(13)5(3)7(11)10(6)14/h4H,1-3H3. The summed E-state index contributed by atoms with van der Waals surface area (Å²) in [6.07, 6.45) is 0. The van der Waals surface area contributed by atoms with Crippen LogP contribution in [0.2, 0.25) is 0 Å². The second-order valence-corrected chi connectivity index (χ2v) is 5.04. The van der Waals surface area contributed by atoms with Gasteiger partial charge in [0.2, 0.25) is 0 Å². The van der Waals surface area contributed by atoms with Gasteiger partial charge >= 0.3 is 0 Å². The van der Waals surface area contributed by atoms with Crippen molar-refractivity contribution in [3.8, 4) is 0 Å². The number of rotatable bonds is 1. The smallest absolute Gasteiger partial charge is 0.142 e. The molecule has 0 nitrogen and oxygen atoms in total. The van der Waals surface area contributed by atoms with E-state index in [-0.39, 0.29) is 20.7 Å². The highest BCUT2D eigenvalue weighted by atomic mass is 79.9. The summed E-state index contributed by atoms with van der Waals surface area (Å²) >= 11 is 6.13. The molecule has 0 fully saturated rings. The molecule has 0 saturated heterocycles. The van der Waals surface area contributed by atoms with Gasteiger partial charge in [-0.3, -0.25) is 0 Å². The van der Waals surface area contributed by atoms with E-state index in [9.17, 15) is 8.78 Å². The lowest BCUT2D eigenvalue weighted by Crippen LogP contribution is -2.01. The van der Waals surface area contributed by atoms with Crippen LogP contribution in [-0.2, 0) is 0 Å². The third-order valence-electron chi connectivity index (χ3n) is 2.09. The van der Waals surface area contributed by atoms with Crippen LogP contribution in [0.4, 0.5) is 8.78 Å². The molecule has 0 spiro atoms. The Kier molecular flexibility index (Phi) is 3.69. The van der Waals surface area contributed by atoms with E-state index in [1.165, 1.54) is 6.92 Å². The van der Waals surface area contributed by atoms with E-state index in [1.807, 2.05) is 13.8 Å². The topological polar surface area (TPSA) is 0 Å². The molecular formula is C10H10Br2F2. The lowest BCUT2D eigenvalue weighted by atomic mass is 10.0. The minimum Gasteiger partial charge on any atom is -0.205 e. The number of benzene rings is 1. The number of hydrogen-bond acceptors (Lipinski definition) is 0. The molecule has 78 valence electrons. The molecule has 1 aromatic rings. The summed E-state index contributed by atoms with van der Waals surface area (Å²) in [5, 5.41) is 0. The predicted octanol–water partition coefficient (Wildman–Crippen LogP) is 4.92. The van der Waals surface area contributed by atoms with Crippen LogP contribution in [0.15, 0.2) is 8.95 Å². The monoisotopic (exact) mass is 326 g/mol. The lowest BCUT2D eigenvalue weighted by molar-refractivity contribution is 0.557. The summed E-state index contributed by atoms with van der Waals surface area (Å²) in [6.45, 7) is 5.19. The normalized spacial score (nSPS) is 11.1. The first-order valence-corrected chi connectivity index (χ1v) is 5.79. The molecular weight excluding hydrogens is 318 g/mol. The number of hydrogen-bond donors (Lipinski definition) is 0. The summed E-state index contributed by atoms with van der Waals surface area (Å²) in [7, 11) is 0. The van der Waals surface area contributed by atoms with E-state index in [0.29, 0.717) is 11.1 Å². The Morgan fingerprint density at radius 2 is 1.50 bits per heavy atom. The fourth-order valence-electron chi connectivity index (χ4n) is 1.27. The van der Waals surface area contributed by atoms with Crippen molar-refractivity contribution in [1.29, 1.82) is 0 Å². The molecule has 1 aromatic carbocycles. The van der Waals surface area contributed by atoms with Crippen LogP contribution in [0.25, 0.3) is 0 Å². The van der Waals surface area contributed by atoms with Gasteiger partial charge in [0.15, 0.2) is 0 Å². The van der Waals surface area contributed by atoms with Gasteiger partial charge in [-0.15, -0.1) is 0 Å². The van der Waals surface area contributed by atoms with Crippen molar-refractivity contribution in [1.82, 2.24) is 0 Å².